The van der Waals surface area contributed by atoms with Crippen molar-refractivity contribution < 1.29 is 19.4 Å². The van der Waals surface area contributed by atoms with Crippen molar-refractivity contribution in [2.24, 2.45) is 0 Å². The molecule has 150 valence electrons. The van der Waals surface area contributed by atoms with E-state index in [0.717, 1.165) is 37.8 Å². The standard InChI is InChI=1S/C11H12BrClO2.C10H9BrO2/c1-15-11-7-9(12)3-2-8(11)6-10(14)4-5-13;11-7-3-6-1-2-8(12)5-9(6)10(13)4-7/h2-3,7H,4-6H2,1H3;3-4,13H,1-2,5H2. The summed E-state index contributed by atoms with van der Waals surface area (Å²) in [4.78, 5) is 22.6. The minimum Gasteiger partial charge on any atom is -0.508 e. The molecule has 0 spiro atoms. The number of Topliss-reactive ketones (excluding diaryl/α,β-unsaturated/α-hetero) is 2. The lowest BCUT2D eigenvalue weighted by Gasteiger charge is -2.16. The molecule has 2 aromatic carbocycles. The molecule has 1 aliphatic carbocycles. The summed E-state index contributed by atoms with van der Waals surface area (Å²) in [5.41, 5.74) is 2.79. The summed E-state index contributed by atoms with van der Waals surface area (Å²) in [5.74, 6) is 1.68. The van der Waals surface area contributed by atoms with Crippen molar-refractivity contribution in [3.63, 3.8) is 0 Å². The van der Waals surface area contributed by atoms with Gasteiger partial charge in [0.05, 0.1) is 7.11 Å². The number of ketones is 2. The first kappa shape index (κ1) is 22.9. The number of hydrogen-bond donors (Lipinski definition) is 1. The molecule has 28 heavy (non-hydrogen) atoms. The quantitative estimate of drug-likeness (QED) is 0.523. The van der Waals surface area contributed by atoms with Crippen molar-refractivity contribution in [2.75, 3.05) is 13.0 Å². The molecule has 0 saturated carbocycles. The van der Waals surface area contributed by atoms with Crippen molar-refractivity contribution in [3.8, 4) is 11.5 Å². The Hall–Kier alpha value is -1.37. The van der Waals surface area contributed by atoms with Crippen LogP contribution in [0.15, 0.2) is 39.3 Å². The normalized spacial score (nSPS) is 12.6. The van der Waals surface area contributed by atoms with Gasteiger partial charge in [-0.1, -0.05) is 37.9 Å². The van der Waals surface area contributed by atoms with E-state index < -0.39 is 0 Å². The second-order valence-corrected chi connectivity index (χ2v) is 8.60. The lowest BCUT2D eigenvalue weighted by atomic mass is 9.90. The highest BCUT2D eigenvalue weighted by molar-refractivity contribution is 9.10. The lowest BCUT2D eigenvalue weighted by molar-refractivity contribution is -0.119. The number of ether oxygens (including phenoxy) is 1. The minimum absolute atomic E-state index is 0.130. The molecular formula is C21H21Br2ClO4. The number of aryl methyl sites for hydroxylation is 1. The molecule has 0 bridgehead atoms. The number of methoxy groups -OCH3 is 1. The Kier molecular flexibility index (Phi) is 8.99. The molecule has 7 heteroatoms. The minimum atomic E-state index is 0.130. The average Bonchev–Trinajstić information content (AvgIpc) is 2.64. The largest absolute Gasteiger partial charge is 0.508 e. The Morgan fingerprint density at radius 3 is 2.61 bits per heavy atom. The maximum Gasteiger partial charge on any atom is 0.138 e. The van der Waals surface area contributed by atoms with Gasteiger partial charge in [-0.3, -0.25) is 9.59 Å². The van der Waals surface area contributed by atoms with Crippen LogP contribution in [0, 0.1) is 0 Å². The van der Waals surface area contributed by atoms with Crippen LogP contribution in [-0.4, -0.2) is 29.7 Å². The van der Waals surface area contributed by atoms with E-state index in [-0.39, 0.29) is 17.3 Å². The van der Waals surface area contributed by atoms with Gasteiger partial charge < -0.3 is 9.84 Å². The summed E-state index contributed by atoms with van der Waals surface area (Å²) < 4.78 is 7.00. The van der Waals surface area contributed by atoms with E-state index in [9.17, 15) is 14.7 Å². The van der Waals surface area contributed by atoms with Crippen molar-refractivity contribution >= 4 is 55.0 Å². The Morgan fingerprint density at radius 1 is 1.18 bits per heavy atom. The second kappa shape index (κ2) is 11.0. The molecule has 0 radical (unpaired) electrons. The first-order valence-corrected chi connectivity index (χ1v) is 10.9. The third-order valence-corrected chi connectivity index (χ3v) is 5.48. The number of carbonyl (C=O) groups is 2. The van der Waals surface area contributed by atoms with Gasteiger partial charge in [0.25, 0.3) is 0 Å². The molecule has 4 nitrogen and oxygen atoms in total. The first-order valence-electron chi connectivity index (χ1n) is 8.76. The van der Waals surface area contributed by atoms with Gasteiger partial charge in [-0.25, -0.2) is 0 Å². The number of aromatic hydroxyl groups is 1. The van der Waals surface area contributed by atoms with Gasteiger partial charge in [-0.15, -0.1) is 11.6 Å². The monoisotopic (exact) mass is 530 g/mol. The molecule has 0 atom stereocenters. The van der Waals surface area contributed by atoms with Crippen LogP contribution in [0.1, 0.15) is 29.5 Å². The number of carbonyl (C=O) groups excluding carboxylic acids is 2. The lowest BCUT2D eigenvalue weighted by Crippen LogP contribution is -2.13. The number of fused-ring (bicyclic) bond motifs is 1. The number of hydrogen-bond acceptors (Lipinski definition) is 4. The summed E-state index contributed by atoms with van der Waals surface area (Å²) in [6, 6.07) is 9.24. The van der Waals surface area contributed by atoms with Crippen LogP contribution in [0.25, 0.3) is 0 Å². The Labute approximate surface area is 186 Å². The van der Waals surface area contributed by atoms with Crippen LogP contribution in [0.5, 0.6) is 11.5 Å². The summed E-state index contributed by atoms with van der Waals surface area (Å²) >= 11 is 12.2. The molecule has 0 aliphatic heterocycles. The van der Waals surface area contributed by atoms with Crippen LogP contribution < -0.4 is 4.74 Å². The zero-order chi connectivity index (χ0) is 20.7. The zero-order valence-corrected chi connectivity index (χ0v) is 19.4. The zero-order valence-electron chi connectivity index (χ0n) is 15.4. The van der Waals surface area contributed by atoms with Crippen molar-refractivity contribution in [1.82, 2.24) is 0 Å². The Bertz CT molecular complexity index is 868. The van der Waals surface area contributed by atoms with E-state index in [0.29, 0.717) is 31.6 Å². The van der Waals surface area contributed by atoms with Crippen LogP contribution in [0.3, 0.4) is 0 Å². The van der Waals surface area contributed by atoms with Gasteiger partial charge in [-0.05, 0) is 36.2 Å². The third-order valence-electron chi connectivity index (χ3n) is 4.34. The van der Waals surface area contributed by atoms with Crippen molar-refractivity contribution in [3.05, 3.63) is 56.0 Å². The second-order valence-electron chi connectivity index (χ2n) is 6.39. The van der Waals surface area contributed by atoms with Crippen molar-refractivity contribution in [2.45, 2.75) is 32.1 Å². The van der Waals surface area contributed by atoms with E-state index in [2.05, 4.69) is 31.9 Å². The molecule has 0 heterocycles. The summed E-state index contributed by atoms with van der Waals surface area (Å²) in [5, 5.41) is 9.57. The smallest absolute Gasteiger partial charge is 0.138 e. The summed E-state index contributed by atoms with van der Waals surface area (Å²) in [7, 11) is 1.59. The highest BCUT2D eigenvalue weighted by Crippen LogP contribution is 2.31. The first-order chi connectivity index (χ1) is 13.3. The molecular weight excluding hydrogens is 511 g/mol. The molecule has 0 fully saturated rings. The van der Waals surface area contributed by atoms with E-state index in [1.54, 1.807) is 13.2 Å². The maximum absolute atomic E-state index is 11.4. The molecule has 0 amide bonds. The predicted octanol–water partition coefficient (Wildman–Crippen LogP) is 5.41. The molecule has 0 saturated heterocycles. The van der Waals surface area contributed by atoms with E-state index in [1.807, 2.05) is 24.3 Å². The van der Waals surface area contributed by atoms with Crippen LogP contribution in [0.4, 0.5) is 0 Å². The van der Waals surface area contributed by atoms with E-state index >= 15 is 0 Å². The van der Waals surface area contributed by atoms with E-state index in [4.69, 9.17) is 16.3 Å². The summed E-state index contributed by atoms with van der Waals surface area (Å²) in [6.07, 6.45) is 2.52. The Morgan fingerprint density at radius 2 is 1.93 bits per heavy atom. The van der Waals surface area contributed by atoms with Gasteiger partial charge in [-0.2, -0.15) is 0 Å². The molecule has 2 aromatic rings. The van der Waals surface area contributed by atoms with Gasteiger partial charge >= 0.3 is 0 Å². The average molecular weight is 533 g/mol. The number of benzene rings is 2. The molecule has 0 unspecified atom stereocenters. The third kappa shape index (κ3) is 6.61. The van der Waals surface area contributed by atoms with Crippen LogP contribution in [-0.2, 0) is 28.9 Å². The highest BCUT2D eigenvalue weighted by Gasteiger charge is 2.18. The molecule has 3 rings (SSSR count). The number of alkyl halides is 1. The van der Waals surface area contributed by atoms with E-state index in [1.165, 1.54) is 0 Å². The summed E-state index contributed by atoms with van der Waals surface area (Å²) in [6.45, 7) is 0. The number of halogens is 3. The Balaban J connectivity index is 0.000000202. The van der Waals surface area contributed by atoms with Gasteiger partial charge in [0.1, 0.15) is 23.1 Å². The number of phenolic OH excluding ortho intramolecular Hbond substituents is 1. The molecule has 0 aromatic heterocycles. The fourth-order valence-electron chi connectivity index (χ4n) is 2.93. The fourth-order valence-corrected chi connectivity index (χ4v) is 3.98. The van der Waals surface area contributed by atoms with Crippen LogP contribution >= 0.6 is 43.5 Å². The van der Waals surface area contributed by atoms with Crippen LogP contribution in [0.2, 0.25) is 0 Å². The number of rotatable bonds is 5. The number of phenols is 1. The maximum atomic E-state index is 11.4. The molecule has 1 aliphatic rings. The fraction of sp³-hybridized carbons (Fsp3) is 0.333. The van der Waals surface area contributed by atoms with Crippen molar-refractivity contribution in [1.29, 1.82) is 0 Å². The predicted molar refractivity (Wildman–Crippen MR) is 118 cm³/mol. The highest BCUT2D eigenvalue weighted by atomic mass is 79.9. The van der Waals surface area contributed by atoms with Gasteiger partial charge in [0.2, 0.25) is 0 Å². The molecule has 1 N–H and O–H groups in total. The SMILES string of the molecule is COc1cc(Br)ccc1CC(=O)CCCl.O=C1CCc2cc(Br)cc(O)c2C1. The van der Waals surface area contributed by atoms with Gasteiger partial charge in [0, 0.05) is 51.6 Å². The van der Waals surface area contributed by atoms with Gasteiger partial charge in [0.15, 0.2) is 0 Å². The topological polar surface area (TPSA) is 63.6 Å².